The molecule has 2 aromatic carbocycles. The van der Waals surface area contributed by atoms with E-state index in [1.165, 1.54) is 41.8 Å². The Morgan fingerprint density at radius 1 is 1.12 bits per heavy atom. The highest BCUT2D eigenvalue weighted by Gasteiger charge is 2.16. The molecule has 0 bridgehead atoms. The summed E-state index contributed by atoms with van der Waals surface area (Å²) in [6, 6.07) is 13.1. The topological polar surface area (TPSA) is 136 Å². The monoisotopic (exact) mass is 485 g/mol. The number of nitrogens with zero attached hydrogens (tertiary/aromatic N) is 3. The molecule has 1 amide bonds. The molecular formula is C21H19N5O5S2. The minimum Gasteiger partial charge on any atom is -0.497 e. The Labute approximate surface area is 193 Å². The van der Waals surface area contributed by atoms with E-state index in [0.29, 0.717) is 17.4 Å². The number of carbonyl (C=O) groups is 1. The van der Waals surface area contributed by atoms with Gasteiger partial charge in [0.1, 0.15) is 5.75 Å². The molecule has 0 aliphatic carbocycles. The molecule has 0 radical (unpaired) electrons. The number of sulfonamides is 1. The van der Waals surface area contributed by atoms with Crippen molar-refractivity contribution in [3.8, 4) is 17.1 Å². The summed E-state index contributed by atoms with van der Waals surface area (Å²) < 4.78 is 37.5. The smallest absolute Gasteiger partial charge is 0.263 e. The molecule has 0 unspecified atom stereocenters. The van der Waals surface area contributed by atoms with Gasteiger partial charge in [0.25, 0.3) is 10.0 Å². The lowest BCUT2D eigenvalue weighted by Gasteiger charge is -2.07. The number of rotatable bonds is 9. The van der Waals surface area contributed by atoms with Gasteiger partial charge in [0.05, 0.1) is 12.0 Å². The zero-order valence-corrected chi connectivity index (χ0v) is 19.0. The molecule has 0 spiro atoms. The van der Waals surface area contributed by atoms with E-state index in [1.807, 2.05) is 12.1 Å². The van der Waals surface area contributed by atoms with E-state index in [0.717, 1.165) is 11.3 Å². The molecule has 0 saturated carbocycles. The lowest BCUT2D eigenvalue weighted by Crippen LogP contribution is -2.14. The molecule has 0 fully saturated rings. The van der Waals surface area contributed by atoms with Gasteiger partial charge in [-0.2, -0.15) is 4.98 Å². The van der Waals surface area contributed by atoms with Gasteiger partial charge in [-0.25, -0.2) is 13.4 Å². The fraction of sp³-hybridized carbons (Fsp3) is 0.143. The zero-order valence-electron chi connectivity index (χ0n) is 17.4. The van der Waals surface area contributed by atoms with Gasteiger partial charge in [0.15, 0.2) is 5.13 Å². The summed E-state index contributed by atoms with van der Waals surface area (Å²) in [6.45, 7) is 0. The highest BCUT2D eigenvalue weighted by atomic mass is 32.2. The van der Waals surface area contributed by atoms with Crippen molar-refractivity contribution in [2.75, 3.05) is 17.1 Å². The van der Waals surface area contributed by atoms with Crippen molar-refractivity contribution in [2.45, 2.75) is 17.7 Å². The fourth-order valence-electron chi connectivity index (χ4n) is 2.82. The molecule has 4 rings (SSSR count). The summed E-state index contributed by atoms with van der Waals surface area (Å²) in [5.41, 5.74) is 1.24. The van der Waals surface area contributed by atoms with E-state index in [1.54, 1.807) is 24.6 Å². The molecule has 33 heavy (non-hydrogen) atoms. The van der Waals surface area contributed by atoms with E-state index < -0.39 is 10.0 Å². The second-order valence-corrected chi connectivity index (χ2v) is 9.33. The quantitative estimate of drug-likeness (QED) is 0.367. The molecule has 0 aliphatic heterocycles. The van der Waals surface area contributed by atoms with Crippen LogP contribution in [0, 0.1) is 0 Å². The third-order valence-electron chi connectivity index (χ3n) is 4.48. The first kappa shape index (κ1) is 22.4. The van der Waals surface area contributed by atoms with Gasteiger partial charge < -0.3 is 14.6 Å². The van der Waals surface area contributed by atoms with E-state index in [9.17, 15) is 13.2 Å². The number of hydrogen-bond acceptors (Lipinski definition) is 9. The number of benzene rings is 2. The van der Waals surface area contributed by atoms with Crippen LogP contribution in [0.4, 0.5) is 10.8 Å². The van der Waals surface area contributed by atoms with Crippen LogP contribution in [0.5, 0.6) is 5.75 Å². The van der Waals surface area contributed by atoms with Crippen LogP contribution >= 0.6 is 11.3 Å². The number of hydrogen-bond donors (Lipinski definition) is 2. The fourth-order valence-corrected chi connectivity index (χ4v) is 4.61. The SMILES string of the molecule is COc1ccc(-c2noc(CCC(=O)Nc3ccc(S(=O)(=O)Nc4nccs4)cc3)n2)cc1. The first-order chi connectivity index (χ1) is 15.9. The van der Waals surface area contributed by atoms with Crippen molar-refractivity contribution in [1.29, 1.82) is 0 Å². The Kier molecular flexibility index (Phi) is 6.66. The minimum absolute atomic E-state index is 0.0626. The Balaban J connectivity index is 1.30. The number of nitrogens with one attached hydrogen (secondary N) is 2. The number of carbonyl (C=O) groups excluding carboxylic acids is 1. The van der Waals surface area contributed by atoms with Crippen LogP contribution in [0.1, 0.15) is 12.3 Å². The zero-order chi connectivity index (χ0) is 23.3. The molecule has 10 nitrogen and oxygen atoms in total. The Bertz CT molecular complexity index is 1320. The Hall–Kier alpha value is -3.77. The molecule has 12 heteroatoms. The number of amides is 1. The van der Waals surface area contributed by atoms with E-state index in [-0.39, 0.29) is 28.8 Å². The Morgan fingerprint density at radius 3 is 2.55 bits per heavy atom. The molecule has 2 heterocycles. The largest absolute Gasteiger partial charge is 0.497 e. The number of anilines is 2. The normalized spacial score (nSPS) is 11.2. The first-order valence-electron chi connectivity index (χ1n) is 9.72. The van der Waals surface area contributed by atoms with Gasteiger partial charge in [0.2, 0.25) is 17.6 Å². The maximum Gasteiger partial charge on any atom is 0.263 e. The average molecular weight is 486 g/mol. The van der Waals surface area contributed by atoms with Crippen molar-refractivity contribution in [2.24, 2.45) is 0 Å². The van der Waals surface area contributed by atoms with Crippen molar-refractivity contribution < 1.29 is 22.5 Å². The number of aryl methyl sites for hydroxylation is 1. The second-order valence-electron chi connectivity index (χ2n) is 6.76. The summed E-state index contributed by atoms with van der Waals surface area (Å²) in [5.74, 6) is 1.22. The van der Waals surface area contributed by atoms with Crippen LogP contribution in [-0.2, 0) is 21.2 Å². The molecule has 2 N–H and O–H groups in total. The number of ether oxygens (including phenoxy) is 1. The van der Waals surface area contributed by atoms with Gasteiger partial charge >= 0.3 is 0 Å². The molecule has 170 valence electrons. The number of thiazole rings is 1. The van der Waals surface area contributed by atoms with Gasteiger partial charge in [-0.3, -0.25) is 9.52 Å². The summed E-state index contributed by atoms with van der Waals surface area (Å²) in [6.07, 6.45) is 1.89. The van der Waals surface area contributed by atoms with Crippen LogP contribution in [0.25, 0.3) is 11.4 Å². The van der Waals surface area contributed by atoms with Gasteiger partial charge in [-0.1, -0.05) is 5.16 Å². The van der Waals surface area contributed by atoms with Crippen molar-refractivity contribution in [3.05, 3.63) is 66.0 Å². The maximum atomic E-state index is 12.4. The van der Waals surface area contributed by atoms with Gasteiger partial charge in [-0.15, -0.1) is 11.3 Å². The maximum absolute atomic E-state index is 12.4. The minimum atomic E-state index is -3.75. The van der Waals surface area contributed by atoms with Crippen molar-refractivity contribution in [1.82, 2.24) is 15.1 Å². The highest BCUT2D eigenvalue weighted by Crippen LogP contribution is 2.21. The molecular weight excluding hydrogens is 466 g/mol. The van der Waals surface area contributed by atoms with Crippen molar-refractivity contribution in [3.63, 3.8) is 0 Å². The Morgan fingerprint density at radius 2 is 1.88 bits per heavy atom. The average Bonchev–Trinajstić information content (AvgIpc) is 3.50. The molecule has 0 saturated heterocycles. The van der Waals surface area contributed by atoms with E-state index >= 15 is 0 Å². The van der Waals surface area contributed by atoms with Crippen LogP contribution < -0.4 is 14.8 Å². The predicted molar refractivity (Wildman–Crippen MR) is 123 cm³/mol. The molecule has 0 atom stereocenters. The third-order valence-corrected chi connectivity index (χ3v) is 6.66. The summed E-state index contributed by atoms with van der Waals surface area (Å²) in [7, 11) is -2.16. The molecule has 0 aliphatic rings. The van der Waals surface area contributed by atoms with Crippen LogP contribution in [0.2, 0.25) is 0 Å². The van der Waals surface area contributed by atoms with Crippen molar-refractivity contribution >= 4 is 38.1 Å². The highest BCUT2D eigenvalue weighted by molar-refractivity contribution is 7.93. The number of aromatic nitrogens is 3. The molecule has 4 aromatic rings. The van der Waals surface area contributed by atoms with Gasteiger partial charge in [-0.05, 0) is 48.5 Å². The summed E-state index contributed by atoms with van der Waals surface area (Å²) in [4.78, 5) is 20.5. The lowest BCUT2D eigenvalue weighted by molar-refractivity contribution is -0.116. The predicted octanol–water partition coefficient (Wildman–Crippen LogP) is 3.57. The van der Waals surface area contributed by atoms with E-state index in [4.69, 9.17) is 9.26 Å². The van der Waals surface area contributed by atoms with Gasteiger partial charge in [0, 0.05) is 35.7 Å². The lowest BCUT2D eigenvalue weighted by atomic mass is 10.2. The molecule has 2 aromatic heterocycles. The standard InChI is InChI=1S/C21H19N5O5S2/c1-30-16-6-2-14(3-7-16)20-24-19(31-25-20)11-10-18(27)23-15-4-8-17(9-5-15)33(28,29)26-21-22-12-13-32-21/h2-9,12-13H,10-11H2,1H3,(H,22,26)(H,23,27). The summed E-state index contributed by atoms with van der Waals surface area (Å²) >= 11 is 1.18. The van der Waals surface area contributed by atoms with Crippen LogP contribution in [-0.4, -0.2) is 36.6 Å². The first-order valence-corrected chi connectivity index (χ1v) is 12.1. The summed E-state index contributed by atoms with van der Waals surface area (Å²) in [5, 5.41) is 8.61. The third kappa shape index (κ3) is 5.73. The van der Waals surface area contributed by atoms with E-state index in [2.05, 4.69) is 25.2 Å². The number of methoxy groups -OCH3 is 1. The second kappa shape index (κ2) is 9.79. The van der Waals surface area contributed by atoms with Crippen LogP contribution in [0.15, 0.2) is 69.5 Å². The van der Waals surface area contributed by atoms with Crippen LogP contribution in [0.3, 0.4) is 0 Å².